The third-order valence-electron chi connectivity index (χ3n) is 3.95. The van der Waals surface area contributed by atoms with E-state index in [1.54, 1.807) is 0 Å². The van der Waals surface area contributed by atoms with E-state index in [4.69, 9.17) is 21.3 Å². The highest BCUT2D eigenvalue weighted by atomic mass is 35.5. The van der Waals surface area contributed by atoms with Gasteiger partial charge in [0.25, 0.3) is 0 Å². The molecule has 3 rings (SSSR count). The molecule has 1 saturated heterocycles. The van der Waals surface area contributed by atoms with Crippen LogP contribution in [0.25, 0.3) is 11.0 Å². The molecule has 0 radical (unpaired) electrons. The van der Waals surface area contributed by atoms with Gasteiger partial charge >= 0.3 is 0 Å². The molecule has 1 aromatic carbocycles. The van der Waals surface area contributed by atoms with E-state index in [0.717, 1.165) is 36.4 Å². The molecule has 0 aliphatic carbocycles. The monoisotopic (exact) mass is 292 g/mol. The summed E-state index contributed by atoms with van der Waals surface area (Å²) in [7, 11) is 0. The Labute approximate surface area is 124 Å². The summed E-state index contributed by atoms with van der Waals surface area (Å²) in [5.74, 6) is 0.946. The molecule has 0 amide bonds. The molecule has 2 heterocycles. The quantitative estimate of drug-likeness (QED) is 0.792. The highest BCUT2D eigenvalue weighted by Gasteiger charge is 2.20. The van der Waals surface area contributed by atoms with Crippen LogP contribution in [0.2, 0.25) is 0 Å². The smallest absolute Gasteiger partial charge is 0.127 e. The number of imidazole rings is 1. The molecule has 2 atom stereocenters. The van der Waals surface area contributed by atoms with Crippen molar-refractivity contribution in [3.63, 3.8) is 0 Å². The van der Waals surface area contributed by atoms with Crippen LogP contribution < -0.4 is 0 Å². The number of nitrogens with zero attached hydrogens (tertiary/aromatic N) is 2. The summed E-state index contributed by atoms with van der Waals surface area (Å²) >= 11 is 6.31. The Kier molecular flexibility index (Phi) is 3.99. The topological polar surface area (TPSA) is 27.1 Å². The van der Waals surface area contributed by atoms with Crippen LogP contribution in [0.3, 0.4) is 0 Å². The molecule has 3 nitrogen and oxygen atoms in total. The molecule has 1 fully saturated rings. The van der Waals surface area contributed by atoms with Gasteiger partial charge in [-0.05, 0) is 50.8 Å². The Morgan fingerprint density at radius 1 is 1.45 bits per heavy atom. The summed E-state index contributed by atoms with van der Waals surface area (Å²) in [5, 5.41) is -0.0914. The van der Waals surface area contributed by atoms with Gasteiger partial charge in [0, 0.05) is 6.61 Å². The number of halogens is 1. The predicted molar refractivity (Wildman–Crippen MR) is 82.3 cm³/mol. The molecular formula is C16H21ClN2O. The first-order chi connectivity index (χ1) is 9.65. The second-order valence-electron chi connectivity index (χ2n) is 5.68. The van der Waals surface area contributed by atoms with E-state index in [0.29, 0.717) is 0 Å². The van der Waals surface area contributed by atoms with E-state index in [9.17, 15) is 0 Å². The van der Waals surface area contributed by atoms with Gasteiger partial charge in [0.15, 0.2) is 0 Å². The fourth-order valence-electron chi connectivity index (χ4n) is 2.91. The minimum atomic E-state index is -0.0914. The van der Waals surface area contributed by atoms with E-state index in [1.807, 2.05) is 6.92 Å². The van der Waals surface area contributed by atoms with Crippen molar-refractivity contribution in [2.45, 2.75) is 51.1 Å². The standard InChI is InChI=1S/C16H21ClN2O/c1-11-6-7-15-14(9-11)18-16(12(2)17)19(15)10-13-5-3-4-8-20-13/h6-7,9,12-13H,3-5,8,10H2,1-2H3. The lowest BCUT2D eigenvalue weighted by Crippen LogP contribution is -2.25. The lowest BCUT2D eigenvalue weighted by Gasteiger charge is -2.24. The Bertz CT molecular complexity index is 600. The molecule has 20 heavy (non-hydrogen) atoms. The number of aromatic nitrogens is 2. The minimum Gasteiger partial charge on any atom is -0.376 e. The highest BCUT2D eigenvalue weighted by Crippen LogP contribution is 2.27. The molecule has 0 bridgehead atoms. The van der Waals surface area contributed by atoms with E-state index >= 15 is 0 Å². The summed E-state index contributed by atoms with van der Waals surface area (Å²) in [4.78, 5) is 4.71. The van der Waals surface area contributed by atoms with Gasteiger partial charge in [-0.3, -0.25) is 0 Å². The van der Waals surface area contributed by atoms with Crippen LogP contribution in [-0.4, -0.2) is 22.3 Å². The van der Waals surface area contributed by atoms with Crippen LogP contribution in [0.4, 0.5) is 0 Å². The number of hydrogen-bond acceptors (Lipinski definition) is 2. The highest BCUT2D eigenvalue weighted by molar-refractivity contribution is 6.20. The Balaban J connectivity index is 1.99. The third kappa shape index (κ3) is 2.70. The van der Waals surface area contributed by atoms with Gasteiger partial charge in [0.2, 0.25) is 0 Å². The van der Waals surface area contributed by atoms with E-state index in [1.165, 1.54) is 18.4 Å². The molecule has 108 valence electrons. The Morgan fingerprint density at radius 3 is 3.00 bits per heavy atom. The Hall–Kier alpha value is -1.06. The lowest BCUT2D eigenvalue weighted by atomic mass is 10.1. The fraction of sp³-hybridized carbons (Fsp3) is 0.562. The van der Waals surface area contributed by atoms with Crippen molar-refractivity contribution in [2.24, 2.45) is 0 Å². The number of aryl methyl sites for hydroxylation is 1. The van der Waals surface area contributed by atoms with Gasteiger partial charge in [0.05, 0.1) is 29.1 Å². The van der Waals surface area contributed by atoms with Crippen molar-refractivity contribution >= 4 is 22.6 Å². The third-order valence-corrected chi connectivity index (χ3v) is 4.14. The molecule has 1 aliphatic rings. The summed E-state index contributed by atoms with van der Waals surface area (Å²) in [5.41, 5.74) is 3.42. The van der Waals surface area contributed by atoms with Crippen molar-refractivity contribution in [2.75, 3.05) is 6.61 Å². The van der Waals surface area contributed by atoms with E-state index in [2.05, 4.69) is 29.7 Å². The summed E-state index contributed by atoms with van der Waals surface area (Å²) in [6, 6.07) is 6.39. The van der Waals surface area contributed by atoms with Gasteiger partial charge in [0.1, 0.15) is 5.82 Å². The van der Waals surface area contributed by atoms with Crippen LogP contribution in [0.15, 0.2) is 18.2 Å². The van der Waals surface area contributed by atoms with Gasteiger partial charge in [-0.25, -0.2) is 4.98 Å². The van der Waals surface area contributed by atoms with Gasteiger partial charge in [-0.2, -0.15) is 0 Å². The lowest BCUT2D eigenvalue weighted by molar-refractivity contribution is 0.00619. The van der Waals surface area contributed by atoms with Crippen molar-refractivity contribution in [3.8, 4) is 0 Å². The molecule has 2 aromatic rings. The normalized spacial score (nSPS) is 21.2. The van der Waals surface area contributed by atoms with Crippen molar-refractivity contribution in [3.05, 3.63) is 29.6 Å². The number of rotatable bonds is 3. The zero-order valence-electron chi connectivity index (χ0n) is 12.1. The van der Waals surface area contributed by atoms with Crippen LogP contribution in [-0.2, 0) is 11.3 Å². The second kappa shape index (κ2) is 5.74. The van der Waals surface area contributed by atoms with Gasteiger partial charge < -0.3 is 9.30 Å². The number of benzene rings is 1. The molecule has 0 saturated carbocycles. The average Bonchev–Trinajstić information content (AvgIpc) is 2.78. The zero-order valence-corrected chi connectivity index (χ0v) is 12.9. The SMILES string of the molecule is Cc1ccc2c(c1)nc(C(C)Cl)n2CC1CCCCO1. The van der Waals surface area contributed by atoms with Crippen LogP contribution in [0.5, 0.6) is 0 Å². The van der Waals surface area contributed by atoms with Gasteiger partial charge in [-0.1, -0.05) is 6.07 Å². The largest absolute Gasteiger partial charge is 0.376 e. The van der Waals surface area contributed by atoms with Crippen LogP contribution in [0, 0.1) is 6.92 Å². The molecule has 1 aromatic heterocycles. The molecule has 1 aliphatic heterocycles. The minimum absolute atomic E-state index is 0.0914. The van der Waals surface area contributed by atoms with Crippen molar-refractivity contribution < 1.29 is 4.74 Å². The average molecular weight is 293 g/mol. The van der Waals surface area contributed by atoms with Crippen molar-refractivity contribution in [1.82, 2.24) is 9.55 Å². The molecule has 0 N–H and O–H groups in total. The number of hydrogen-bond donors (Lipinski definition) is 0. The maximum atomic E-state index is 6.31. The summed E-state index contributed by atoms with van der Waals surface area (Å²) < 4.78 is 8.11. The van der Waals surface area contributed by atoms with Crippen LogP contribution >= 0.6 is 11.6 Å². The van der Waals surface area contributed by atoms with Crippen LogP contribution in [0.1, 0.15) is 43.0 Å². The number of alkyl halides is 1. The first-order valence-corrected chi connectivity index (χ1v) is 7.81. The summed E-state index contributed by atoms with van der Waals surface area (Å²) in [6.45, 7) is 5.80. The first kappa shape index (κ1) is 13.9. The maximum Gasteiger partial charge on any atom is 0.127 e. The number of fused-ring (bicyclic) bond motifs is 1. The Morgan fingerprint density at radius 2 is 2.30 bits per heavy atom. The van der Waals surface area contributed by atoms with E-state index < -0.39 is 0 Å². The first-order valence-electron chi connectivity index (χ1n) is 7.37. The number of ether oxygens (including phenoxy) is 1. The molecular weight excluding hydrogens is 272 g/mol. The van der Waals surface area contributed by atoms with E-state index in [-0.39, 0.29) is 11.5 Å². The van der Waals surface area contributed by atoms with Gasteiger partial charge in [-0.15, -0.1) is 11.6 Å². The second-order valence-corrected chi connectivity index (χ2v) is 6.33. The zero-order chi connectivity index (χ0) is 14.1. The molecule has 2 unspecified atom stereocenters. The molecule has 4 heteroatoms. The summed E-state index contributed by atoms with van der Waals surface area (Å²) in [6.07, 6.45) is 3.85. The molecule has 0 spiro atoms. The fourth-order valence-corrected chi connectivity index (χ4v) is 3.08. The predicted octanol–water partition coefficient (Wildman–Crippen LogP) is 4.21. The van der Waals surface area contributed by atoms with Crippen molar-refractivity contribution in [1.29, 1.82) is 0 Å². The maximum absolute atomic E-state index is 6.31.